The van der Waals surface area contributed by atoms with E-state index >= 15 is 0 Å². The lowest BCUT2D eigenvalue weighted by molar-refractivity contribution is 0.00445. The van der Waals surface area contributed by atoms with E-state index in [9.17, 15) is 15.3 Å². The minimum Gasteiger partial charge on any atom is -0.396 e. The van der Waals surface area contributed by atoms with Gasteiger partial charge in [-0.05, 0) is 31.2 Å². The van der Waals surface area contributed by atoms with Crippen LogP contribution in [0.5, 0.6) is 0 Å². The summed E-state index contributed by atoms with van der Waals surface area (Å²) in [5, 5.41) is 33.8. The zero-order valence-electron chi connectivity index (χ0n) is 15.5. The molecule has 1 saturated carbocycles. The summed E-state index contributed by atoms with van der Waals surface area (Å²) in [5.41, 5.74) is 5.25. The lowest BCUT2D eigenvalue weighted by Crippen LogP contribution is -2.35. The zero-order valence-corrected chi connectivity index (χ0v) is 17.3. The number of pyridine rings is 1. The lowest BCUT2D eigenvalue weighted by Gasteiger charge is -2.20. The van der Waals surface area contributed by atoms with Gasteiger partial charge in [0, 0.05) is 12.5 Å². The fourth-order valence-corrected chi connectivity index (χ4v) is 3.86. The second-order valence-corrected chi connectivity index (χ2v) is 13.2. The molecule has 138 valence electrons. The molecule has 0 radical (unpaired) electrons. The number of aromatic nitrogens is 1. The van der Waals surface area contributed by atoms with Gasteiger partial charge in [-0.3, -0.25) is 0 Å². The highest BCUT2D eigenvalue weighted by molar-refractivity contribution is 7.98. The number of aliphatic hydroxyl groups excluding tert-OH is 3. The van der Waals surface area contributed by atoms with E-state index < -0.39 is 20.3 Å². The van der Waals surface area contributed by atoms with Crippen LogP contribution in [0, 0.1) is 24.3 Å². The monoisotopic (exact) mass is 380 g/mol. The van der Waals surface area contributed by atoms with Gasteiger partial charge in [-0.1, -0.05) is 25.6 Å². The van der Waals surface area contributed by atoms with Gasteiger partial charge in [0.25, 0.3) is 0 Å². The summed E-state index contributed by atoms with van der Waals surface area (Å²) in [7, 11) is -1.54. The molecule has 0 amide bonds. The number of hydrogen-bond acceptors (Lipinski definition) is 6. The second-order valence-electron chi connectivity index (χ2n) is 7.62. The maximum Gasteiger partial charge on any atom is 0.143 e. The summed E-state index contributed by atoms with van der Waals surface area (Å²) in [6.45, 7) is 8.44. The van der Waals surface area contributed by atoms with Crippen LogP contribution < -0.4 is 5.32 Å². The molecule has 2 unspecified atom stereocenters. The Balaban J connectivity index is 2.38. The molecular weight excluding hydrogens is 352 g/mol. The molecule has 1 aliphatic carbocycles. The van der Waals surface area contributed by atoms with Gasteiger partial charge in [-0.15, -0.1) is 17.3 Å². The first kappa shape index (κ1) is 20.3. The van der Waals surface area contributed by atoms with Crippen LogP contribution in [0.4, 0.5) is 5.82 Å². The molecular formula is C18H28N2O3SSi. The smallest absolute Gasteiger partial charge is 0.143 e. The first-order chi connectivity index (χ1) is 11.7. The molecule has 1 aromatic rings. The highest BCUT2D eigenvalue weighted by Crippen LogP contribution is 2.31. The minimum absolute atomic E-state index is 0.143. The van der Waals surface area contributed by atoms with Gasteiger partial charge in [0.15, 0.2) is 0 Å². The molecule has 1 aliphatic rings. The summed E-state index contributed by atoms with van der Waals surface area (Å²) in [5.74, 6) is 3.60. The summed E-state index contributed by atoms with van der Waals surface area (Å²) in [6.07, 6.45) is 0.595. The standard InChI is InChI=1S/C18H28N2O3SSi/c1-11-8-15(24-2)20-18(13(11)6-7-25(3,4)5)19-14-9-12(10-21)16(22)17(14)23/h8,12,14,16-17,21-23H,9-10H2,1-5H3,(H,19,20)/t12?,14?,16-,17+/m1/s1. The molecule has 1 fully saturated rings. The quantitative estimate of drug-likeness (QED) is 0.362. The molecule has 0 spiro atoms. The summed E-state index contributed by atoms with van der Waals surface area (Å²) >= 11 is 1.55. The van der Waals surface area contributed by atoms with Crippen LogP contribution >= 0.6 is 11.8 Å². The molecule has 0 bridgehead atoms. The van der Waals surface area contributed by atoms with E-state index in [0.29, 0.717) is 12.2 Å². The van der Waals surface area contributed by atoms with Crippen molar-refractivity contribution in [1.29, 1.82) is 0 Å². The predicted octanol–water partition coefficient (Wildman–Crippen LogP) is 1.86. The second kappa shape index (κ2) is 8.10. The minimum atomic E-state index is -1.54. The molecule has 4 N–H and O–H groups in total. The molecule has 25 heavy (non-hydrogen) atoms. The Kier molecular flexibility index (Phi) is 6.57. The third-order valence-corrected chi connectivity index (χ3v) is 5.83. The molecule has 7 heteroatoms. The molecule has 1 aromatic heterocycles. The Bertz CT molecular complexity index is 681. The molecule has 0 saturated heterocycles. The molecule has 1 heterocycles. The normalized spacial score (nSPS) is 26.2. The SMILES string of the molecule is CSc1cc(C)c(C#C[Si](C)(C)C)c(NC2CC(CO)[C@@H](O)[C@H]2O)n1. The Morgan fingerprint density at radius 1 is 1.32 bits per heavy atom. The van der Waals surface area contributed by atoms with Crippen molar-refractivity contribution in [1.82, 2.24) is 4.98 Å². The van der Waals surface area contributed by atoms with Crippen LogP contribution in [-0.4, -0.2) is 59.5 Å². The van der Waals surface area contributed by atoms with E-state index in [1.165, 1.54) is 0 Å². The number of aliphatic hydroxyl groups is 3. The number of nitrogens with one attached hydrogen (secondary N) is 1. The highest BCUT2D eigenvalue weighted by Gasteiger charge is 2.41. The molecule has 4 atom stereocenters. The first-order valence-corrected chi connectivity index (χ1v) is 13.2. The summed E-state index contributed by atoms with van der Waals surface area (Å²) < 4.78 is 0. The van der Waals surface area contributed by atoms with E-state index in [-0.39, 0.29) is 18.6 Å². The van der Waals surface area contributed by atoms with Crippen molar-refractivity contribution in [2.24, 2.45) is 5.92 Å². The number of thioether (sulfide) groups is 1. The predicted molar refractivity (Wildman–Crippen MR) is 106 cm³/mol. The average molecular weight is 381 g/mol. The fourth-order valence-electron chi connectivity index (χ4n) is 2.88. The van der Waals surface area contributed by atoms with E-state index in [1.54, 1.807) is 11.8 Å². The largest absolute Gasteiger partial charge is 0.396 e. The summed E-state index contributed by atoms with van der Waals surface area (Å²) in [4.78, 5) is 4.64. The number of rotatable bonds is 4. The third-order valence-electron chi connectivity index (χ3n) is 4.32. The van der Waals surface area contributed by atoms with Crippen molar-refractivity contribution in [2.45, 2.75) is 56.3 Å². The van der Waals surface area contributed by atoms with Gasteiger partial charge in [0.2, 0.25) is 0 Å². The number of anilines is 1. The van der Waals surface area contributed by atoms with Gasteiger partial charge in [-0.2, -0.15) is 0 Å². The summed E-state index contributed by atoms with van der Waals surface area (Å²) in [6, 6.07) is 1.66. The lowest BCUT2D eigenvalue weighted by atomic mass is 10.1. The van der Waals surface area contributed by atoms with Crippen LogP contribution in [0.25, 0.3) is 0 Å². The fraction of sp³-hybridized carbons (Fsp3) is 0.611. The van der Waals surface area contributed by atoms with Crippen LogP contribution in [0.15, 0.2) is 11.1 Å². The van der Waals surface area contributed by atoms with Gasteiger partial charge >= 0.3 is 0 Å². The number of nitrogens with zero attached hydrogens (tertiary/aromatic N) is 1. The average Bonchev–Trinajstić information content (AvgIpc) is 2.80. The Labute approximate surface area is 155 Å². The maximum absolute atomic E-state index is 10.3. The van der Waals surface area contributed by atoms with Crippen molar-refractivity contribution in [3.8, 4) is 11.5 Å². The van der Waals surface area contributed by atoms with Crippen molar-refractivity contribution in [3.05, 3.63) is 17.2 Å². The number of hydrogen-bond donors (Lipinski definition) is 4. The molecule has 0 aliphatic heterocycles. The van der Waals surface area contributed by atoms with Crippen LogP contribution in [0.1, 0.15) is 17.5 Å². The van der Waals surface area contributed by atoms with Crippen molar-refractivity contribution in [2.75, 3.05) is 18.2 Å². The van der Waals surface area contributed by atoms with E-state index in [0.717, 1.165) is 16.2 Å². The highest BCUT2D eigenvalue weighted by atomic mass is 32.2. The number of aryl methyl sites for hydroxylation is 1. The third kappa shape index (κ3) is 4.99. The molecule has 5 nitrogen and oxygen atoms in total. The first-order valence-electron chi connectivity index (χ1n) is 8.48. The van der Waals surface area contributed by atoms with Gasteiger partial charge in [0.05, 0.1) is 22.7 Å². The Morgan fingerprint density at radius 3 is 2.52 bits per heavy atom. The van der Waals surface area contributed by atoms with Crippen LogP contribution in [-0.2, 0) is 0 Å². The Morgan fingerprint density at radius 2 is 2.00 bits per heavy atom. The van der Waals surface area contributed by atoms with Gasteiger partial charge in [0.1, 0.15) is 20.0 Å². The van der Waals surface area contributed by atoms with E-state index in [4.69, 9.17) is 0 Å². The van der Waals surface area contributed by atoms with Crippen LogP contribution in [0.3, 0.4) is 0 Å². The van der Waals surface area contributed by atoms with Crippen LogP contribution in [0.2, 0.25) is 19.6 Å². The van der Waals surface area contributed by atoms with Gasteiger partial charge in [-0.25, -0.2) is 4.98 Å². The van der Waals surface area contributed by atoms with E-state index in [1.807, 2.05) is 19.2 Å². The maximum atomic E-state index is 10.3. The topological polar surface area (TPSA) is 85.6 Å². The van der Waals surface area contributed by atoms with Crippen molar-refractivity contribution in [3.63, 3.8) is 0 Å². The molecule has 2 rings (SSSR count). The van der Waals surface area contributed by atoms with Crippen molar-refractivity contribution >= 4 is 25.7 Å². The van der Waals surface area contributed by atoms with E-state index in [2.05, 4.69) is 41.4 Å². The van der Waals surface area contributed by atoms with Gasteiger partial charge < -0.3 is 20.6 Å². The Hall–Kier alpha value is -1.04. The van der Waals surface area contributed by atoms with Crippen molar-refractivity contribution < 1.29 is 15.3 Å². The molecule has 0 aromatic carbocycles. The zero-order chi connectivity index (χ0) is 18.8.